The summed E-state index contributed by atoms with van der Waals surface area (Å²) in [5, 5.41) is 23.0. The van der Waals surface area contributed by atoms with Gasteiger partial charge in [-0.1, -0.05) is 102 Å². The van der Waals surface area contributed by atoms with Crippen LogP contribution < -0.4 is 15.4 Å². The molecule has 0 bridgehead atoms. The van der Waals surface area contributed by atoms with E-state index in [1.54, 1.807) is 42.5 Å². The number of carboxylic acid groups (broad SMARTS) is 2. The average molecular weight is 899 g/mol. The van der Waals surface area contributed by atoms with Crippen molar-refractivity contribution >= 4 is 81.5 Å². The zero-order valence-corrected chi connectivity index (χ0v) is 34.1. The van der Waals surface area contributed by atoms with Crippen LogP contribution in [0.25, 0.3) is 22.3 Å². The first kappa shape index (κ1) is 45.0. The van der Waals surface area contributed by atoms with Gasteiger partial charge in [0.25, 0.3) is 11.8 Å². The van der Waals surface area contributed by atoms with E-state index in [9.17, 15) is 42.6 Å². The Balaban J connectivity index is 0.000000228. The smallest absolute Gasteiger partial charge is 0.336 e. The Morgan fingerprint density at radius 3 is 1.72 bits per heavy atom. The fraction of sp³-hybridized carbons (Fsp3) is 0.0909. The quantitative estimate of drug-likeness (QED) is 0.0896. The maximum Gasteiger partial charge on any atom is 0.336 e. The lowest BCUT2D eigenvalue weighted by atomic mass is 10.0. The van der Waals surface area contributed by atoms with Crippen LogP contribution in [0.15, 0.2) is 109 Å². The molecule has 0 fully saturated rings. The maximum absolute atomic E-state index is 14.8. The van der Waals surface area contributed by atoms with E-state index in [4.69, 9.17) is 51.1 Å². The molecule has 0 radical (unpaired) electrons. The summed E-state index contributed by atoms with van der Waals surface area (Å²) in [4.78, 5) is 47.7. The first-order chi connectivity index (χ1) is 28.6. The van der Waals surface area contributed by atoms with Crippen molar-refractivity contribution in [1.29, 1.82) is 0 Å². The first-order valence-corrected chi connectivity index (χ1v) is 19.2. The Morgan fingerprint density at radius 1 is 0.550 bits per heavy atom. The summed E-state index contributed by atoms with van der Waals surface area (Å²) in [6.07, 6.45) is 1.95. The number of carbonyl (C=O) groups is 4. The first-order valence-electron chi connectivity index (χ1n) is 17.7. The lowest BCUT2D eigenvalue weighted by Gasteiger charge is -2.13. The van der Waals surface area contributed by atoms with Crippen molar-refractivity contribution in [3.8, 4) is 28.0 Å². The van der Waals surface area contributed by atoms with Gasteiger partial charge in [-0.15, -0.1) is 0 Å². The second-order valence-corrected chi connectivity index (χ2v) is 14.3. The summed E-state index contributed by atoms with van der Waals surface area (Å²) in [6.45, 7) is 2.67. The second-order valence-electron chi connectivity index (χ2n) is 12.7. The minimum atomic E-state index is -1.45. The van der Waals surface area contributed by atoms with E-state index in [0.29, 0.717) is 34.1 Å². The van der Waals surface area contributed by atoms with Crippen LogP contribution in [0.5, 0.6) is 5.75 Å². The zero-order chi connectivity index (χ0) is 43.7. The number of rotatable bonds is 12. The lowest BCUT2D eigenvalue weighted by Crippen LogP contribution is -2.18. The van der Waals surface area contributed by atoms with Gasteiger partial charge in [-0.25, -0.2) is 22.8 Å². The van der Waals surface area contributed by atoms with Crippen molar-refractivity contribution in [2.24, 2.45) is 0 Å². The van der Waals surface area contributed by atoms with Gasteiger partial charge in [0.05, 0.1) is 49.6 Å². The van der Waals surface area contributed by atoms with Gasteiger partial charge in [0.2, 0.25) is 0 Å². The van der Waals surface area contributed by atoms with E-state index in [1.807, 2.05) is 11.4 Å². The summed E-state index contributed by atoms with van der Waals surface area (Å²) in [7, 11) is 0. The average Bonchev–Trinajstić information content (AvgIpc) is 3.21. The van der Waals surface area contributed by atoms with E-state index in [-0.39, 0.29) is 37.4 Å². The summed E-state index contributed by atoms with van der Waals surface area (Å²) >= 11 is 23.9. The molecule has 0 saturated heterocycles. The Morgan fingerprint density at radius 2 is 1.10 bits per heavy atom. The number of hydrogen-bond acceptors (Lipinski definition) is 5. The van der Waals surface area contributed by atoms with E-state index in [1.165, 1.54) is 36.4 Å². The molecule has 0 saturated carbocycles. The molecular weight excluding hydrogens is 867 g/mol. The number of carbonyl (C=O) groups excluding carboxylic acids is 2. The van der Waals surface area contributed by atoms with Crippen molar-refractivity contribution < 1.29 is 47.3 Å². The van der Waals surface area contributed by atoms with Crippen molar-refractivity contribution in [3.63, 3.8) is 0 Å². The molecule has 0 heterocycles. The number of halogens is 7. The molecular formula is C44H31Cl4F3N2O7. The third-order valence-corrected chi connectivity index (χ3v) is 9.97. The predicted octanol–water partition coefficient (Wildman–Crippen LogP) is 12.8. The molecule has 0 atom stereocenters. The van der Waals surface area contributed by atoms with Gasteiger partial charge >= 0.3 is 11.9 Å². The molecule has 0 aliphatic carbocycles. The Labute approximate surface area is 361 Å². The number of aromatic carboxylic acids is 2. The number of benzene rings is 6. The largest absolute Gasteiger partial charge is 0.494 e. The number of carboxylic acids is 2. The predicted molar refractivity (Wildman–Crippen MR) is 227 cm³/mol. The third kappa shape index (κ3) is 11.0. The van der Waals surface area contributed by atoms with Crippen LogP contribution in [0.2, 0.25) is 20.1 Å². The summed E-state index contributed by atoms with van der Waals surface area (Å²) < 4.78 is 49.6. The molecule has 0 aliphatic rings. The number of ether oxygens (including phenoxy) is 1. The van der Waals surface area contributed by atoms with Gasteiger partial charge < -0.3 is 25.6 Å². The Bertz CT molecular complexity index is 2580. The van der Waals surface area contributed by atoms with Crippen molar-refractivity contribution in [3.05, 3.63) is 169 Å². The number of hydrogen-bond donors (Lipinski definition) is 4. The summed E-state index contributed by atoms with van der Waals surface area (Å²) in [5.74, 6) is -6.74. The van der Waals surface area contributed by atoms with Gasteiger partial charge in [-0.3, -0.25) is 9.59 Å². The normalized spacial score (nSPS) is 10.6. The van der Waals surface area contributed by atoms with Crippen molar-refractivity contribution in [1.82, 2.24) is 0 Å². The van der Waals surface area contributed by atoms with Gasteiger partial charge in [-0.2, -0.15) is 0 Å². The van der Waals surface area contributed by atoms with Crippen LogP contribution in [0.3, 0.4) is 0 Å². The fourth-order valence-electron chi connectivity index (χ4n) is 5.64. The van der Waals surface area contributed by atoms with Crippen LogP contribution in [0, 0.1) is 17.5 Å². The molecule has 6 aromatic rings. The molecule has 0 unspecified atom stereocenters. The van der Waals surface area contributed by atoms with Gasteiger partial charge in [0, 0.05) is 10.6 Å². The van der Waals surface area contributed by atoms with E-state index in [2.05, 4.69) is 12.2 Å². The van der Waals surface area contributed by atoms with Crippen LogP contribution in [0.1, 0.15) is 61.2 Å². The number of nitrogens with one attached hydrogen (secondary N) is 2. The van der Waals surface area contributed by atoms with Gasteiger partial charge in [-0.05, 0) is 89.8 Å². The lowest BCUT2D eigenvalue weighted by molar-refractivity contribution is 0.0683. The van der Waals surface area contributed by atoms with Crippen LogP contribution >= 0.6 is 46.4 Å². The van der Waals surface area contributed by atoms with Crippen molar-refractivity contribution in [2.75, 3.05) is 17.2 Å². The number of unbranched alkanes of at least 4 members (excludes halogenated alkanes) is 1. The molecule has 0 aromatic heterocycles. The third-order valence-electron chi connectivity index (χ3n) is 8.62. The topological polar surface area (TPSA) is 142 Å². The molecule has 308 valence electrons. The number of amides is 2. The van der Waals surface area contributed by atoms with Crippen molar-refractivity contribution in [2.45, 2.75) is 19.8 Å². The highest BCUT2D eigenvalue weighted by Gasteiger charge is 2.23. The molecule has 0 aliphatic heterocycles. The highest BCUT2D eigenvalue weighted by atomic mass is 35.5. The molecule has 0 spiro atoms. The highest BCUT2D eigenvalue weighted by Crippen LogP contribution is 2.35. The molecule has 60 heavy (non-hydrogen) atoms. The van der Waals surface area contributed by atoms with Gasteiger partial charge in [0.1, 0.15) is 28.9 Å². The Hall–Kier alpha value is -6.05. The molecule has 4 N–H and O–H groups in total. The molecule has 9 nitrogen and oxygen atoms in total. The summed E-state index contributed by atoms with van der Waals surface area (Å²) in [6, 6.07) is 26.2. The molecule has 2 amide bonds. The minimum absolute atomic E-state index is 0.00606. The SMILES string of the molecule is CCCCOc1cccc(-c2cc(F)c(NC(=O)c3ccccc3C(=O)O)c(Cl)c2)c1.O=C(O)c1cc(Cl)c(Cl)cc1C(=O)Nc1c(F)cc(-c2ccccc2Cl)cc1F. The van der Waals surface area contributed by atoms with E-state index < -0.39 is 58.0 Å². The molecule has 16 heteroatoms. The highest BCUT2D eigenvalue weighted by molar-refractivity contribution is 6.42. The molecule has 6 rings (SSSR count). The second kappa shape index (κ2) is 20.3. The van der Waals surface area contributed by atoms with Crippen LogP contribution in [-0.4, -0.2) is 40.6 Å². The van der Waals surface area contributed by atoms with E-state index in [0.717, 1.165) is 37.1 Å². The zero-order valence-electron chi connectivity index (χ0n) is 31.1. The number of anilines is 2. The summed E-state index contributed by atoms with van der Waals surface area (Å²) in [5.41, 5.74) is -0.298. The monoisotopic (exact) mass is 896 g/mol. The molecule has 6 aromatic carbocycles. The minimum Gasteiger partial charge on any atom is -0.494 e. The van der Waals surface area contributed by atoms with Crippen LogP contribution in [-0.2, 0) is 0 Å². The van der Waals surface area contributed by atoms with Crippen LogP contribution in [0.4, 0.5) is 24.5 Å². The van der Waals surface area contributed by atoms with E-state index >= 15 is 0 Å². The maximum atomic E-state index is 14.8. The Kier molecular flexibility index (Phi) is 15.2. The van der Waals surface area contributed by atoms with Gasteiger partial charge in [0.15, 0.2) is 0 Å². The fourth-order valence-corrected chi connectivity index (χ4v) is 6.47. The standard InChI is InChI=1S/C24H21ClFNO4.C20H10Cl3F2NO3/c1-2-3-11-31-17-8-6-7-15(12-17)16-13-20(25)22(21(26)14-16)27-23(28)18-9-4-5-10-19(18)24(29)30;21-13-4-2-1-3-10(13)9-5-16(24)18(17(25)6-9)26-19(27)11-7-14(22)15(23)8-12(11)20(28)29/h4-10,12-14H,2-3,11H2,1H3,(H,27,28)(H,29,30);1-8H,(H,26,27)(H,28,29).